The third-order valence-corrected chi connectivity index (χ3v) is 5.19. The minimum absolute atomic E-state index is 0.0347. The Hall–Kier alpha value is -2.24. The molecule has 1 aromatic heterocycles. The van der Waals surface area contributed by atoms with Crippen molar-refractivity contribution >= 4 is 33.1 Å². The fraction of sp³-hybridized carbons (Fsp3) is 0.263. The number of para-hydroxylation sites is 1. The molecular weight excluding hydrogens is 320 g/mol. The summed E-state index contributed by atoms with van der Waals surface area (Å²) in [7, 11) is 0. The van der Waals surface area contributed by atoms with E-state index < -0.39 is 0 Å². The van der Waals surface area contributed by atoms with Crippen LogP contribution in [0.1, 0.15) is 22.6 Å². The molecular formula is C19H18N2O2S. The highest BCUT2D eigenvalue weighted by Crippen LogP contribution is 2.25. The summed E-state index contributed by atoms with van der Waals surface area (Å²) in [6.45, 7) is 0.393. The molecule has 1 amide bonds. The average Bonchev–Trinajstić information content (AvgIpc) is 3.20. The van der Waals surface area contributed by atoms with Gasteiger partial charge in [0.25, 0.3) is 0 Å². The molecule has 1 heterocycles. The van der Waals surface area contributed by atoms with Gasteiger partial charge in [-0.2, -0.15) is 0 Å². The summed E-state index contributed by atoms with van der Waals surface area (Å²) in [6, 6.07) is 14.1. The molecule has 3 aromatic rings. The fourth-order valence-corrected chi connectivity index (χ4v) is 3.96. The van der Waals surface area contributed by atoms with Crippen LogP contribution in [0.4, 0.5) is 5.69 Å². The number of thiazole rings is 1. The van der Waals surface area contributed by atoms with Crippen molar-refractivity contribution in [3.8, 4) is 0 Å². The second kappa shape index (κ2) is 6.71. The van der Waals surface area contributed by atoms with Crippen LogP contribution in [0.3, 0.4) is 0 Å². The summed E-state index contributed by atoms with van der Waals surface area (Å²) in [4.78, 5) is 16.5. The zero-order valence-corrected chi connectivity index (χ0v) is 14.1. The van der Waals surface area contributed by atoms with Gasteiger partial charge in [-0.25, -0.2) is 4.98 Å². The zero-order valence-electron chi connectivity index (χ0n) is 13.2. The molecule has 1 N–H and O–H groups in total. The molecule has 0 radical (unpaired) electrons. The molecule has 0 aliphatic heterocycles. The van der Waals surface area contributed by atoms with Crippen LogP contribution in [-0.2, 0) is 29.0 Å². The van der Waals surface area contributed by atoms with Crippen LogP contribution in [0.15, 0.2) is 42.5 Å². The van der Waals surface area contributed by atoms with Crippen LogP contribution >= 0.6 is 11.3 Å². The number of aryl methyl sites for hydroxylation is 2. The Labute approximate surface area is 144 Å². The van der Waals surface area contributed by atoms with Gasteiger partial charge >= 0.3 is 0 Å². The number of fused-ring (bicyclic) bond motifs is 2. The molecule has 4 rings (SSSR count). The van der Waals surface area contributed by atoms with E-state index in [0.717, 1.165) is 33.8 Å². The monoisotopic (exact) mass is 338 g/mol. The van der Waals surface area contributed by atoms with E-state index in [-0.39, 0.29) is 12.5 Å². The Morgan fingerprint density at radius 2 is 2.04 bits per heavy atom. The van der Waals surface area contributed by atoms with Gasteiger partial charge in [0.15, 0.2) is 0 Å². The number of nitrogens with zero attached hydrogens (tertiary/aromatic N) is 1. The second-order valence-corrected chi connectivity index (χ2v) is 7.07. The first kappa shape index (κ1) is 15.3. The smallest absolute Gasteiger partial charge is 0.250 e. The molecule has 122 valence electrons. The first-order valence-corrected chi connectivity index (χ1v) is 8.93. The number of benzene rings is 2. The SMILES string of the molecule is O=C(COCc1nc2ccccc2s1)Nc1ccc2c(c1)CCC2. The van der Waals surface area contributed by atoms with Crippen molar-refractivity contribution in [1.82, 2.24) is 4.98 Å². The van der Waals surface area contributed by atoms with E-state index in [1.54, 1.807) is 11.3 Å². The average molecular weight is 338 g/mol. The van der Waals surface area contributed by atoms with Crippen molar-refractivity contribution in [3.05, 3.63) is 58.6 Å². The molecule has 1 aliphatic rings. The summed E-state index contributed by atoms with van der Waals surface area (Å²) in [5.74, 6) is -0.131. The van der Waals surface area contributed by atoms with Crippen molar-refractivity contribution < 1.29 is 9.53 Å². The highest BCUT2D eigenvalue weighted by molar-refractivity contribution is 7.18. The van der Waals surface area contributed by atoms with E-state index in [0.29, 0.717) is 6.61 Å². The van der Waals surface area contributed by atoms with Crippen LogP contribution in [0.25, 0.3) is 10.2 Å². The first-order valence-electron chi connectivity index (χ1n) is 8.12. The van der Waals surface area contributed by atoms with E-state index in [4.69, 9.17) is 4.74 Å². The van der Waals surface area contributed by atoms with Gasteiger partial charge in [-0.05, 0) is 54.7 Å². The van der Waals surface area contributed by atoms with Crippen molar-refractivity contribution in [2.24, 2.45) is 0 Å². The van der Waals surface area contributed by atoms with Crippen LogP contribution in [0.2, 0.25) is 0 Å². The maximum Gasteiger partial charge on any atom is 0.250 e. The van der Waals surface area contributed by atoms with Gasteiger partial charge in [-0.15, -0.1) is 11.3 Å². The largest absolute Gasteiger partial charge is 0.364 e. The number of hydrogen-bond acceptors (Lipinski definition) is 4. The van der Waals surface area contributed by atoms with Crippen LogP contribution < -0.4 is 5.32 Å². The molecule has 2 aromatic carbocycles. The third kappa shape index (κ3) is 3.32. The van der Waals surface area contributed by atoms with Crippen LogP contribution in [-0.4, -0.2) is 17.5 Å². The van der Waals surface area contributed by atoms with E-state index >= 15 is 0 Å². The van der Waals surface area contributed by atoms with Gasteiger partial charge in [-0.3, -0.25) is 4.79 Å². The third-order valence-electron chi connectivity index (χ3n) is 4.18. The van der Waals surface area contributed by atoms with Gasteiger partial charge in [0.2, 0.25) is 5.91 Å². The molecule has 1 aliphatic carbocycles. The standard InChI is InChI=1S/C19H18N2O2S/c22-18(20-15-9-8-13-4-3-5-14(13)10-15)11-23-12-19-21-16-6-1-2-7-17(16)24-19/h1-2,6-10H,3-5,11-12H2,(H,20,22). The maximum absolute atomic E-state index is 12.0. The quantitative estimate of drug-likeness (QED) is 0.766. The Morgan fingerprint density at radius 1 is 1.17 bits per heavy atom. The highest BCUT2D eigenvalue weighted by Gasteiger charge is 2.12. The predicted octanol–water partition coefficient (Wildman–Crippen LogP) is 3.94. The molecule has 5 heteroatoms. The second-order valence-electron chi connectivity index (χ2n) is 5.95. The Balaban J connectivity index is 1.30. The lowest BCUT2D eigenvalue weighted by atomic mass is 10.1. The number of carbonyl (C=O) groups excluding carboxylic acids is 1. The molecule has 0 spiro atoms. The van der Waals surface area contributed by atoms with Crippen LogP contribution in [0, 0.1) is 0 Å². The zero-order chi connectivity index (χ0) is 16.4. The number of anilines is 1. The molecule has 0 bridgehead atoms. The number of amides is 1. The topological polar surface area (TPSA) is 51.2 Å². The van der Waals surface area contributed by atoms with E-state index in [1.807, 2.05) is 30.3 Å². The molecule has 4 nitrogen and oxygen atoms in total. The number of carbonyl (C=O) groups is 1. The maximum atomic E-state index is 12.0. The minimum atomic E-state index is -0.131. The van der Waals surface area contributed by atoms with Gasteiger partial charge < -0.3 is 10.1 Å². The Morgan fingerprint density at radius 3 is 2.96 bits per heavy atom. The van der Waals surface area contributed by atoms with Gasteiger partial charge in [0.1, 0.15) is 11.6 Å². The Kier molecular flexibility index (Phi) is 4.28. The van der Waals surface area contributed by atoms with Gasteiger partial charge in [-0.1, -0.05) is 18.2 Å². The Bertz CT molecular complexity index is 855. The molecule has 24 heavy (non-hydrogen) atoms. The van der Waals surface area contributed by atoms with E-state index in [9.17, 15) is 4.79 Å². The lowest BCUT2D eigenvalue weighted by molar-refractivity contribution is -0.121. The fourth-order valence-electron chi connectivity index (χ4n) is 3.06. The van der Waals surface area contributed by atoms with Crippen molar-refractivity contribution in [1.29, 1.82) is 0 Å². The van der Waals surface area contributed by atoms with E-state index in [2.05, 4.69) is 22.4 Å². The molecule has 0 unspecified atom stereocenters. The first-order chi connectivity index (χ1) is 11.8. The summed E-state index contributed by atoms with van der Waals surface area (Å²) < 4.78 is 6.65. The van der Waals surface area contributed by atoms with Crippen molar-refractivity contribution in [2.75, 3.05) is 11.9 Å². The molecule has 0 saturated carbocycles. The van der Waals surface area contributed by atoms with E-state index in [1.165, 1.54) is 17.5 Å². The summed E-state index contributed by atoms with van der Waals surface area (Å²) in [5, 5.41) is 3.79. The van der Waals surface area contributed by atoms with Crippen molar-refractivity contribution in [2.45, 2.75) is 25.9 Å². The number of ether oxygens (including phenoxy) is 1. The summed E-state index contributed by atoms with van der Waals surface area (Å²) in [5.41, 5.74) is 4.58. The van der Waals surface area contributed by atoms with Gasteiger partial charge in [0, 0.05) is 5.69 Å². The minimum Gasteiger partial charge on any atom is -0.364 e. The van der Waals surface area contributed by atoms with Crippen LogP contribution in [0.5, 0.6) is 0 Å². The molecule has 0 atom stereocenters. The van der Waals surface area contributed by atoms with Crippen molar-refractivity contribution in [3.63, 3.8) is 0 Å². The molecule has 0 fully saturated rings. The highest BCUT2D eigenvalue weighted by atomic mass is 32.1. The molecule has 0 saturated heterocycles. The van der Waals surface area contributed by atoms with Gasteiger partial charge in [0.05, 0.1) is 16.8 Å². The normalized spacial score (nSPS) is 13.2. The number of rotatable bonds is 5. The lowest BCUT2D eigenvalue weighted by Gasteiger charge is -2.07. The number of nitrogens with one attached hydrogen (secondary N) is 1. The number of hydrogen-bond donors (Lipinski definition) is 1. The lowest BCUT2D eigenvalue weighted by Crippen LogP contribution is -2.18. The summed E-state index contributed by atoms with van der Waals surface area (Å²) in [6.07, 6.45) is 3.46. The summed E-state index contributed by atoms with van der Waals surface area (Å²) >= 11 is 1.60. The number of aromatic nitrogens is 1. The predicted molar refractivity (Wildman–Crippen MR) is 96.4 cm³/mol.